The highest BCUT2D eigenvalue weighted by molar-refractivity contribution is 7.91. The topological polar surface area (TPSA) is 222 Å². The number of carboxylic acid groups (broad SMARTS) is 1. The van der Waals surface area contributed by atoms with Gasteiger partial charge in [-0.1, -0.05) is 36.4 Å². The van der Waals surface area contributed by atoms with Gasteiger partial charge in [0.05, 0.1) is 30.1 Å². The van der Waals surface area contributed by atoms with Gasteiger partial charge in [-0.2, -0.15) is 0 Å². The summed E-state index contributed by atoms with van der Waals surface area (Å²) in [6.45, 7) is 8.55. The molecular weight excluding hydrogens is 809 g/mol. The van der Waals surface area contributed by atoms with Gasteiger partial charge >= 0.3 is 6.09 Å². The highest BCUT2D eigenvalue weighted by Crippen LogP contribution is 2.46. The molecule has 7 rings (SSSR count). The van der Waals surface area contributed by atoms with Crippen molar-refractivity contribution in [2.24, 2.45) is 5.92 Å². The number of nitrogens with one attached hydrogen (secondary N) is 2. The number of aromatic nitrogens is 1. The van der Waals surface area contributed by atoms with Crippen LogP contribution in [-0.4, -0.2) is 124 Å². The molecule has 61 heavy (non-hydrogen) atoms. The Kier molecular flexibility index (Phi) is 11.6. The van der Waals surface area contributed by atoms with E-state index in [9.17, 15) is 37.5 Å². The summed E-state index contributed by atoms with van der Waals surface area (Å²) in [4.78, 5) is 89.4. The summed E-state index contributed by atoms with van der Waals surface area (Å²) in [5.41, 5.74) is -0.933. The molecule has 2 aliphatic heterocycles. The van der Waals surface area contributed by atoms with Crippen LogP contribution in [0.15, 0.2) is 67.3 Å². The Balaban J connectivity index is 1.25. The van der Waals surface area contributed by atoms with Crippen LogP contribution in [0.4, 0.5) is 4.79 Å². The number of likely N-dealkylation sites (tertiary alicyclic amines) is 2. The van der Waals surface area contributed by atoms with Crippen molar-refractivity contribution < 1.29 is 51.8 Å². The van der Waals surface area contributed by atoms with Crippen molar-refractivity contribution in [2.45, 2.75) is 100 Å². The maximum Gasteiger partial charge on any atom is 0.408 e. The maximum atomic E-state index is 15.0. The number of carbonyl (C=O) groups is 6. The molecule has 3 heterocycles. The largest absolute Gasteiger partial charge is 0.497 e. The van der Waals surface area contributed by atoms with E-state index in [0.717, 1.165) is 15.4 Å². The Hall–Kier alpha value is -6.04. The van der Waals surface area contributed by atoms with E-state index < -0.39 is 80.2 Å². The van der Waals surface area contributed by atoms with Crippen LogP contribution in [0.1, 0.15) is 65.7 Å². The minimum absolute atomic E-state index is 0.0559. The number of benzene rings is 2. The average molecular weight is 859 g/mol. The average Bonchev–Trinajstić information content (AvgIpc) is 4.14. The Bertz CT molecular complexity index is 2400. The van der Waals surface area contributed by atoms with Gasteiger partial charge in [0, 0.05) is 60.3 Å². The molecular formula is C43H50N6O11S. The van der Waals surface area contributed by atoms with Crippen LogP contribution in [0.5, 0.6) is 11.5 Å². The first-order valence-corrected chi connectivity index (χ1v) is 21.8. The number of fused-ring (bicyclic) bond motifs is 1. The fourth-order valence-electron chi connectivity index (χ4n) is 8.15. The monoisotopic (exact) mass is 858 g/mol. The maximum absolute atomic E-state index is 15.0. The Morgan fingerprint density at radius 3 is 2.39 bits per heavy atom. The van der Waals surface area contributed by atoms with Crippen LogP contribution < -0.4 is 19.5 Å². The lowest BCUT2D eigenvalue weighted by atomic mass is 9.98. The molecule has 0 spiro atoms. The van der Waals surface area contributed by atoms with Crippen molar-refractivity contribution >= 4 is 56.6 Å². The van der Waals surface area contributed by atoms with E-state index in [-0.39, 0.29) is 51.1 Å². The summed E-state index contributed by atoms with van der Waals surface area (Å²) in [5.74, 6) is -3.13. The van der Waals surface area contributed by atoms with Gasteiger partial charge < -0.3 is 24.8 Å². The zero-order valence-electron chi connectivity index (χ0n) is 34.5. The molecule has 1 aromatic heterocycles. The molecule has 2 saturated carbocycles. The third-order valence-corrected chi connectivity index (χ3v) is 13.6. The molecule has 3 N–H and O–H groups in total. The minimum atomic E-state index is -3.99. The summed E-state index contributed by atoms with van der Waals surface area (Å²) in [6, 6.07) is 13.6. The number of methoxy groups -OCH3 is 1. The van der Waals surface area contributed by atoms with E-state index in [1.807, 2.05) is 30.3 Å². The first-order valence-electron chi connectivity index (χ1n) is 20.2. The lowest BCUT2D eigenvalue weighted by molar-refractivity contribution is -0.153. The summed E-state index contributed by atoms with van der Waals surface area (Å²) in [7, 11) is -2.46. The van der Waals surface area contributed by atoms with Crippen molar-refractivity contribution in [3.8, 4) is 22.8 Å². The van der Waals surface area contributed by atoms with Gasteiger partial charge in [-0.15, -0.1) is 6.58 Å². The van der Waals surface area contributed by atoms with Gasteiger partial charge in [-0.05, 0) is 58.6 Å². The lowest BCUT2D eigenvalue weighted by Crippen LogP contribution is -2.61. The number of nitrogens with zero attached hydrogens (tertiary/aromatic N) is 4. The summed E-state index contributed by atoms with van der Waals surface area (Å²) in [5, 5.41) is 13.2. The molecule has 17 nitrogen and oxygen atoms in total. The molecule has 2 saturated heterocycles. The smallest absolute Gasteiger partial charge is 0.408 e. The van der Waals surface area contributed by atoms with E-state index in [2.05, 4.69) is 16.6 Å². The lowest BCUT2D eigenvalue weighted by Gasteiger charge is -2.41. The second-order valence-electron chi connectivity index (χ2n) is 17.0. The number of pyridine rings is 1. The second-order valence-corrected chi connectivity index (χ2v) is 18.9. The Morgan fingerprint density at radius 1 is 1.10 bits per heavy atom. The molecule has 0 radical (unpaired) electrons. The van der Waals surface area contributed by atoms with Gasteiger partial charge in [-0.25, -0.2) is 18.2 Å². The summed E-state index contributed by atoms with van der Waals surface area (Å²) in [6.07, 6.45) is -0.555. The van der Waals surface area contributed by atoms with Crippen LogP contribution in [0.2, 0.25) is 0 Å². The molecule has 2 aromatic carbocycles. The summed E-state index contributed by atoms with van der Waals surface area (Å²) >= 11 is 0. The zero-order valence-corrected chi connectivity index (χ0v) is 35.3. The number of imide groups is 1. The Morgan fingerprint density at radius 2 is 1.82 bits per heavy atom. The fourth-order valence-corrected chi connectivity index (χ4v) is 9.51. The van der Waals surface area contributed by atoms with E-state index in [0.29, 0.717) is 40.9 Å². The van der Waals surface area contributed by atoms with Gasteiger partial charge in [0.1, 0.15) is 35.2 Å². The third-order valence-electron chi connectivity index (χ3n) is 11.7. The van der Waals surface area contributed by atoms with Crippen LogP contribution in [0.3, 0.4) is 0 Å². The van der Waals surface area contributed by atoms with Crippen molar-refractivity contribution in [3.63, 3.8) is 0 Å². The highest BCUT2D eigenvalue weighted by atomic mass is 32.2. The summed E-state index contributed by atoms with van der Waals surface area (Å²) < 4.78 is 39.9. The van der Waals surface area contributed by atoms with Crippen molar-refractivity contribution in [2.75, 3.05) is 20.2 Å². The van der Waals surface area contributed by atoms with Crippen molar-refractivity contribution in [1.29, 1.82) is 0 Å². The van der Waals surface area contributed by atoms with Gasteiger partial charge in [0.25, 0.3) is 5.91 Å². The van der Waals surface area contributed by atoms with E-state index in [1.54, 1.807) is 45.0 Å². The van der Waals surface area contributed by atoms with Crippen molar-refractivity contribution in [3.05, 3.63) is 67.3 Å². The predicted molar refractivity (Wildman–Crippen MR) is 222 cm³/mol. The highest BCUT2D eigenvalue weighted by Gasteiger charge is 2.62. The molecule has 0 unspecified atom stereocenters. The van der Waals surface area contributed by atoms with Crippen LogP contribution in [0.25, 0.3) is 22.2 Å². The number of rotatable bonds is 15. The second kappa shape index (κ2) is 16.4. The molecule has 2 aliphatic carbocycles. The van der Waals surface area contributed by atoms with Crippen LogP contribution in [-0.2, 0) is 34.0 Å². The normalized spacial score (nSPS) is 22.8. The number of hydrogen-bond acceptors (Lipinski definition) is 11. The number of amides is 6. The predicted octanol–water partition coefficient (Wildman–Crippen LogP) is 3.61. The first-order chi connectivity index (χ1) is 28.9. The van der Waals surface area contributed by atoms with Gasteiger partial charge in [0.2, 0.25) is 33.7 Å². The molecule has 5 atom stereocenters. The Labute approximate surface area is 353 Å². The molecule has 6 amide bonds. The molecule has 4 aliphatic rings. The van der Waals surface area contributed by atoms with Crippen LogP contribution >= 0.6 is 0 Å². The van der Waals surface area contributed by atoms with E-state index >= 15 is 4.79 Å². The molecule has 324 valence electrons. The SMILES string of the molecule is C=C[C@@H]1C[C@]1(NC(=O)[C@@H]1C[C@@H](Oc2cc(-c3ccccc3)nc3cc(OC)ccc23)CN1C(=O)[C@H](CCC(=O)N1CCC1=O)N(C(=O)O)C(C)(C)C)C(=O)NS(=O)(=O)C1CC1. The molecule has 0 bridgehead atoms. The number of hydrogen-bond donors (Lipinski definition) is 3. The quantitative estimate of drug-likeness (QED) is 0.147. The molecule has 4 fully saturated rings. The van der Waals surface area contributed by atoms with Crippen molar-refractivity contribution in [1.82, 2.24) is 29.7 Å². The number of ether oxygens (including phenoxy) is 2. The third kappa shape index (κ3) is 8.76. The number of carbonyl (C=O) groups excluding carboxylic acids is 5. The van der Waals surface area contributed by atoms with Gasteiger partial charge in [0.15, 0.2) is 0 Å². The standard InChI is InChI=1S/C43H50N6O11S/c1-6-26-23-43(26,40(54)46-61(57,58)29-13-14-29)45-38(52)34-21-28(60-35-22-31(25-10-8-7-9-11-25)44-32-20-27(59-5)12-15-30(32)35)24-48(34)39(53)33(49(41(55)56)42(2,3)4)16-17-36(50)47-19-18-37(47)51/h6-12,15,20,22,26,28-29,33-34H,1,13-14,16-19,21,23-24H2,2-5H3,(H,45,52)(H,46,54)(H,55,56)/t26-,28-,33+,34+,43-/m1/s1. The molecule has 3 aromatic rings. The number of β-lactam (4-membered cyclic amide) rings is 1. The first kappa shape index (κ1) is 43.1. The number of sulfonamides is 1. The van der Waals surface area contributed by atoms with E-state index in [4.69, 9.17) is 14.5 Å². The molecule has 18 heteroatoms. The zero-order chi connectivity index (χ0) is 44.0. The fraction of sp³-hybridized carbons (Fsp3) is 0.465. The van der Waals surface area contributed by atoms with Crippen LogP contribution in [0, 0.1) is 5.92 Å². The van der Waals surface area contributed by atoms with E-state index in [1.165, 1.54) is 18.1 Å². The van der Waals surface area contributed by atoms with Gasteiger partial charge in [-0.3, -0.25) is 38.5 Å². The minimum Gasteiger partial charge on any atom is -0.497 e.